The molecule has 4 rings (SSSR count). The van der Waals surface area contributed by atoms with Gasteiger partial charge in [-0.25, -0.2) is 0 Å². The van der Waals surface area contributed by atoms with Crippen LogP contribution in [0.4, 0.5) is 0 Å². The Hall–Kier alpha value is -3.48. The zero-order valence-corrected chi connectivity index (χ0v) is 13.9. The number of benzene rings is 1. The molecule has 0 bridgehead atoms. The van der Waals surface area contributed by atoms with Crippen molar-refractivity contribution in [3.05, 3.63) is 72.5 Å². The maximum absolute atomic E-state index is 12.2. The third kappa shape index (κ3) is 3.46. The van der Waals surface area contributed by atoms with Crippen molar-refractivity contribution in [2.45, 2.75) is 6.04 Å². The number of carbonyl (C=O) groups is 1. The molecule has 3 heterocycles. The van der Waals surface area contributed by atoms with E-state index in [4.69, 9.17) is 13.9 Å². The lowest BCUT2D eigenvalue weighted by Gasteiger charge is -2.15. The van der Waals surface area contributed by atoms with Crippen molar-refractivity contribution < 1.29 is 18.7 Å². The first-order chi connectivity index (χ1) is 12.8. The molecule has 1 unspecified atom stereocenters. The predicted octanol–water partition coefficient (Wildman–Crippen LogP) is 2.62. The van der Waals surface area contributed by atoms with Gasteiger partial charge in [0, 0.05) is 25.0 Å². The number of hydrogen-bond acceptors (Lipinski definition) is 5. The molecule has 26 heavy (non-hydrogen) atoms. The second kappa shape index (κ2) is 7.18. The number of nitrogens with zero attached hydrogens (tertiary/aromatic N) is 2. The number of hydrogen-bond donors (Lipinski definition) is 1. The summed E-state index contributed by atoms with van der Waals surface area (Å²) < 4.78 is 17.8. The molecule has 0 saturated heterocycles. The molecule has 0 fully saturated rings. The summed E-state index contributed by atoms with van der Waals surface area (Å²) in [6.45, 7) is 0.587. The molecule has 132 valence electrons. The summed E-state index contributed by atoms with van der Waals surface area (Å²) in [5.74, 6) is 1.93. The Morgan fingerprint density at radius 2 is 2.19 bits per heavy atom. The number of carbonyl (C=O) groups excluding carboxylic acids is 1. The quantitative estimate of drug-likeness (QED) is 0.691. The van der Waals surface area contributed by atoms with E-state index in [1.807, 2.05) is 42.6 Å². The number of amides is 1. The minimum absolute atomic E-state index is 0.202. The highest BCUT2D eigenvalue weighted by Gasteiger charge is 2.17. The van der Waals surface area contributed by atoms with E-state index in [0.29, 0.717) is 18.0 Å². The molecule has 1 aromatic carbocycles. The smallest absolute Gasteiger partial charge is 0.244 e. The summed E-state index contributed by atoms with van der Waals surface area (Å²) in [4.78, 5) is 12.2. The highest BCUT2D eigenvalue weighted by atomic mass is 16.7. The Kier molecular flexibility index (Phi) is 4.42. The summed E-state index contributed by atoms with van der Waals surface area (Å²) in [5, 5.41) is 7.12. The van der Waals surface area contributed by atoms with E-state index in [1.54, 1.807) is 23.2 Å². The van der Waals surface area contributed by atoms with Gasteiger partial charge < -0.3 is 19.2 Å². The van der Waals surface area contributed by atoms with Gasteiger partial charge in [-0.2, -0.15) is 5.10 Å². The zero-order valence-electron chi connectivity index (χ0n) is 13.9. The number of fused-ring (bicyclic) bond motifs is 1. The summed E-state index contributed by atoms with van der Waals surface area (Å²) >= 11 is 0. The normalized spacial score (nSPS) is 13.8. The van der Waals surface area contributed by atoms with Crippen LogP contribution in [-0.2, 0) is 4.79 Å². The van der Waals surface area contributed by atoms with Crippen LogP contribution in [0.2, 0.25) is 0 Å². The van der Waals surface area contributed by atoms with Gasteiger partial charge in [-0.15, -0.1) is 0 Å². The summed E-state index contributed by atoms with van der Waals surface area (Å²) in [5.41, 5.74) is 0.860. The molecule has 0 saturated carbocycles. The summed E-state index contributed by atoms with van der Waals surface area (Å²) in [7, 11) is 0. The summed E-state index contributed by atoms with van der Waals surface area (Å²) in [6, 6.07) is 10.8. The van der Waals surface area contributed by atoms with E-state index in [-0.39, 0.29) is 18.7 Å². The van der Waals surface area contributed by atoms with Gasteiger partial charge in [0.25, 0.3) is 0 Å². The van der Waals surface area contributed by atoms with E-state index in [9.17, 15) is 4.79 Å². The lowest BCUT2D eigenvalue weighted by atomic mass is 10.2. The van der Waals surface area contributed by atoms with Crippen molar-refractivity contribution >= 4 is 12.0 Å². The van der Waals surface area contributed by atoms with Crippen molar-refractivity contribution in [2.24, 2.45) is 0 Å². The molecule has 0 aliphatic carbocycles. The predicted molar refractivity (Wildman–Crippen MR) is 93.7 cm³/mol. The minimum atomic E-state index is -0.206. The lowest BCUT2D eigenvalue weighted by Crippen LogP contribution is -2.30. The maximum atomic E-state index is 12.2. The van der Waals surface area contributed by atoms with E-state index >= 15 is 0 Å². The molecule has 1 N–H and O–H groups in total. The molecule has 3 aromatic rings. The Morgan fingerprint density at radius 1 is 1.27 bits per heavy atom. The monoisotopic (exact) mass is 351 g/mol. The average Bonchev–Trinajstić information content (AvgIpc) is 3.41. The SMILES string of the molecule is O=C(/C=C/c1ccc2c(c1)OCO2)NCC(c1ccco1)n1cccn1. The highest BCUT2D eigenvalue weighted by molar-refractivity contribution is 5.91. The molecular weight excluding hydrogens is 334 g/mol. The molecule has 0 radical (unpaired) electrons. The van der Waals surface area contributed by atoms with E-state index in [1.165, 1.54) is 6.08 Å². The van der Waals surface area contributed by atoms with Gasteiger partial charge in [0.05, 0.1) is 6.26 Å². The van der Waals surface area contributed by atoms with Crippen molar-refractivity contribution in [2.75, 3.05) is 13.3 Å². The Morgan fingerprint density at radius 3 is 3.00 bits per heavy atom. The topological polar surface area (TPSA) is 78.5 Å². The van der Waals surface area contributed by atoms with Crippen LogP contribution in [0.15, 0.2) is 65.5 Å². The molecule has 7 nitrogen and oxygen atoms in total. The minimum Gasteiger partial charge on any atom is -0.467 e. The zero-order chi connectivity index (χ0) is 17.8. The molecule has 1 atom stereocenters. The van der Waals surface area contributed by atoms with E-state index in [2.05, 4.69) is 10.4 Å². The van der Waals surface area contributed by atoms with Crippen LogP contribution in [0.1, 0.15) is 17.4 Å². The second-order valence-corrected chi connectivity index (χ2v) is 5.71. The van der Waals surface area contributed by atoms with Crippen molar-refractivity contribution in [3.63, 3.8) is 0 Å². The molecular formula is C19H17N3O4. The van der Waals surface area contributed by atoms with Crippen LogP contribution in [0.25, 0.3) is 6.08 Å². The number of rotatable bonds is 6. The van der Waals surface area contributed by atoms with Crippen LogP contribution in [0.5, 0.6) is 11.5 Å². The maximum Gasteiger partial charge on any atom is 0.244 e. The third-order valence-electron chi connectivity index (χ3n) is 4.01. The average molecular weight is 351 g/mol. The highest BCUT2D eigenvalue weighted by Crippen LogP contribution is 2.32. The molecule has 0 spiro atoms. The van der Waals surface area contributed by atoms with Crippen molar-refractivity contribution in [1.29, 1.82) is 0 Å². The molecule has 1 aliphatic rings. The fourth-order valence-corrected chi connectivity index (χ4v) is 2.72. The number of aromatic nitrogens is 2. The lowest BCUT2D eigenvalue weighted by molar-refractivity contribution is -0.116. The van der Waals surface area contributed by atoms with Crippen molar-refractivity contribution in [3.8, 4) is 11.5 Å². The molecule has 1 aliphatic heterocycles. The van der Waals surface area contributed by atoms with Gasteiger partial charge in [-0.05, 0) is 42.0 Å². The van der Waals surface area contributed by atoms with Crippen LogP contribution in [-0.4, -0.2) is 29.0 Å². The van der Waals surface area contributed by atoms with E-state index in [0.717, 1.165) is 11.3 Å². The van der Waals surface area contributed by atoms with Crippen LogP contribution < -0.4 is 14.8 Å². The van der Waals surface area contributed by atoms with Crippen molar-refractivity contribution in [1.82, 2.24) is 15.1 Å². The number of ether oxygens (including phenoxy) is 2. The van der Waals surface area contributed by atoms with Gasteiger partial charge in [-0.1, -0.05) is 6.07 Å². The van der Waals surface area contributed by atoms with Crippen LogP contribution in [0, 0.1) is 0 Å². The van der Waals surface area contributed by atoms with Gasteiger partial charge in [0.15, 0.2) is 11.5 Å². The molecule has 2 aromatic heterocycles. The van der Waals surface area contributed by atoms with Crippen LogP contribution >= 0.6 is 0 Å². The first-order valence-electron chi connectivity index (χ1n) is 8.18. The Balaban J connectivity index is 1.39. The Labute approximate surface area is 149 Å². The van der Waals surface area contributed by atoms with E-state index < -0.39 is 0 Å². The van der Waals surface area contributed by atoms with Gasteiger partial charge in [0.2, 0.25) is 12.7 Å². The Bertz CT molecular complexity index is 867. The fourth-order valence-electron chi connectivity index (χ4n) is 2.72. The van der Waals surface area contributed by atoms with Crippen LogP contribution in [0.3, 0.4) is 0 Å². The molecule has 1 amide bonds. The number of nitrogens with one attached hydrogen (secondary N) is 1. The fraction of sp³-hybridized carbons (Fsp3) is 0.158. The van der Waals surface area contributed by atoms with Gasteiger partial charge in [0.1, 0.15) is 11.8 Å². The third-order valence-corrected chi connectivity index (χ3v) is 4.01. The molecule has 7 heteroatoms. The second-order valence-electron chi connectivity index (χ2n) is 5.71. The number of furan rings is 1. The first kappa shape index (κ1) is 16.0. The van der Waals surface area contributed by atoms with Gasteiger partial charge >= 0.3 is 0 Å². The largest absolute Gasteiger partial charge is 0.467 e. The standard InChI is InChI=1S/C19H17N3O4/c23-19(7-5-14-4-6-17-18(11-14)26-13-25-17)20-12-15(16-3-1-10-24-16)22-9-2-8-21-22/h1-11,15H,12-13H2,(H,20,23)/b7-5+. The summed E-state index contributed by atoms with van der Waals surface area (Å²) in [6.07, 6.45) is 8.35. The first-order valence-corrected chi connectivity index (χ1v) is 8.18. The van der Waals surface area contributed by atoms with Gasteiger partial charge in [-0.3, -0.25) is 9.48 Å².